The van der Waals surface area contributed by atoms with E-state index in [9.17, 15) is 9.50 Å². The van der Waals surface area contributed by atoms with Crippen molar-refractivity contribution in [2.45, 2.75) is 6.10 Å². The van der Waals surface area contributed by atoms with E-state index in [1.165, 1.54) is 18.6 Å². The van der Waals surface area contributed by atoms with Gasteiger partial charge in [-0.1, -0.05) is 30.3 Å². The number of benzene rings is 2. The lowest BCUT2D eigenvalue weighted by molar-refractivity contribution is 0.221. The Morgan fingerprint density at radius 2 is 1.78 bits per heavy atom. The molecule has 3 rings (SSSR count). The summed E-state index contributed by atoms with van der Waals surface area (Å²) in [7, 11) is 0. The van der Waals surface area contributed by atoms with E-state index in [2.05, 4.69) is 0 Å². The normalized spacial score (nSPS) is 12.8. The molecule has 0 saturated heterocycles. The van der Waals surface area contributed by atoms with E-state index < -0.39 is 6.10 Å². The predicted octanol–water partition coefficient (Wildman–Crippen LogP) is 3.65. The minimum Gasteiger partial charge on any atom is -0.472 e. The number of aliphatic hydroxyl groups is 1. The van der Waals surface area contributed by atoms with Crippen LogP contribution < -0.4 is 0 Å². The first-order chi connectivity index (χ1) is 8.77. The van der Waals surface area contributed by atoms with E-state index >= 15 is 0 Å². The summed E-state index contributed by atoms with van der Waals surface area (Å²) in [5.41, 5.74) is 1.33. The molecule has 0 bridgehead atoms. The minimum absolute atomic E-state index is 0.284. The molecule has 1 N–H and O–H groups in total. The molecule has 0 aliphatic rings. The smallest absolute Gasteiger partial charge is 0.131 e. The second-order valence-electron chi connectivity index (χ2n) is 4.14. The summed E-state index contributed by atoms with van der Waals surface area (Å²) >= 11 is 0. The molecule has 0 unspecified atom stereocenters. The summed E-state index contributed by atoms with van der Waals surface area (Å²) in [4.78, 5) is 0. The highest BCUT2D eigenvalue weighted by Crippen LogP contribution is 2.30. The molecule has 90 valence electrons. The number of furan rings is 1. The van der Waals surface area contributed by atoms with Gasteiger partial charge in [-0.2, -0.15) is 0 Å². The van der Waals surface area contributed by atoms with Crippen LogP contribution in [-0.4, -0.2) is 5.11 Å². The van der Waals surface area contributed by atoms with Crippen LogP contribution in [0.1, 0.15) is 17.2 Å². The predicted molar refractivity (Wildman–Crippen MR) is 66.7 cm³/mol. The topological polar surface area (TPSA) is 33.4 Å². The maximum atomic E-state index is 13.7. The van der Waals surface area contributed by atoms with Gasteiger partial charge in [-0.15, -0.1) is 0 Å². The Labute approximate surface area is 103 Å². The van der Waals surface area contributed by atoms with Crippen LogP contribution in [0.2, 0.25) is 0 Å². The van der Waals surface area contributed by atoms with E-state index in [-0.39, 0.29) is 5.82 Å². The molecule has 0 aliphatic carbocycles. The summed E-state index contributed by atoms with van der Waals surface area (Å²) in [6.45, 7) is 0. The Hall–Kier alpha value is -2.13. The zero-order valence-corrected chi connectivity index (χ0v) is 9.51. The number of aliphatic hydroxyl groups excluding tert-OH is 1. The average molecular weight is 242 g/mol. The lowest BCUT2D eigenvalue weighted by atomic mass is 9.97. The van der Waals surface area contributed by atoms with Gasteiger partial charge in [-0.25, -0.2) is 4.39 Å². The highest BCUT2D eigenvalue weighted by Gasteiger charge is 2.15. The number of halogens is 1. The number of hydrogen-bond donors (Lipinski definition) is 1. The summed E-state index contributed by atoms with van der Waals surface area (Å²) in [5.74, 6) is -0.284. The maximum absolute atomic E-state index is 13.7. The number of rotatable bonds is 2. The van der Waals surface area contributed by atoms with Gasteiger partial charge >= 0.3 is 0 Å². The first-order valence-electron chi connectivity index (χ1n) is 5.64. The molecule has 0 fully saturated rings. The van der Waals surface area contributed by atoms with Gasteiger partial charge in [-0.05, 0) is 23.1 Å². The molecule has 1 atom stereocenters. The third kappa shape index (κ3) is 1.69. The number of fused-ring (bicyclic) bond motifs is 1. The van der Waals surface area contributed by atoms with Gasteiger partial charge in [0.05, 0.1) is 12.5 Å². The van der Waals surface area contributed by atoms with Crippen molar-refractivity contribution in [2.75, 3.05) is 0 Å². The molecule has 0 saturated carbocycles. The first kappa shape index (κ1) is 11.0. The van der Waals surface area contributed by atoms with Crippen molar-refractivity contribution in [1.82, 2.24) is 0 Å². The van der Waals surface area contributed by atoms with Crippen LogP contribution in [0.25, 0.3) is 10.8 Å². The molecule has 0 amide bonds. The molecule has 0 spiro atoms. The summed E-state index contributed by atoms with van der Waals surface area (Å²) < 4.78 is 18.6. The Morgan fingerprint density at radius 3 is 2.50 bits per heavy atom. The third-order valence-electron chi connectivity index (χ3n) is 3.06. The molecule has 0 aliphatic heterocycles. The lowest BCUT2D eigenvalue weighted by Gasteiger charge is -2.12. The van der Waals surface area contributed by atoms with Crippen LogP contribution in [0.5, 0.6) is 0 Å². The van der Waals surface area contributed by atoms with E-state index in [1.54, 1.807) is 30.3 Å². The molecule has 3 aromatic rings. The second kappa shape index (κ2) is 4.27. The van der Waals surface area contributed by atoms with E-state index in [0.717, 1.165) is 0 Å². The zero-order valence-electron chi connectivity index (χ0n) is 9.51. The highest BCUT2D eigenvalue weighted by atomic mass is 19.1. The van der Waals surface area contributed by atoms with Crippen molar-refractivity contribution < 1.29 is 13.9 Å². The molecule has 2 aromatic carbocycles. The van der Waals surface area contributed by atoms with Crippen molar-refractivity contribution in [3.63, 3.8) is 0 Å². The minimum atomic E-state index is -0.811. The van der Waals surface area contributed by atoms with Gasteiger partial charge in [0.2, 0.25) is 0 Å². The average Bonchev–Trinajstić information content (AvgIpc) is 2.93. The highest BCUT2D eigenvalue weighted by molar-refractivity contribution is 5.86. The molecular formula is C15H11FO2. The standard InChI is InChI=1S/C15H11FO2/c16-14-6-5-13(11-3-1-2-4-12(11)14)15(17)10-7-8-18-9-10/h1-9,15,17H/t15-/m0/s1. The van der Waals surface area contributed by atoms with Gasteiger partial charge in [0.15, 0.2) is 0 Å². The molecule has 18 heavy (non-hydrogen) atoms. The van der Waals surface area contributed by atoms with Crippen molar-refractivity contribution in [1.29, 1.82) is 0 Å². The van der Waals surface area contributed by atoms with Gasteiger partial charge in [-0.3, -0.25) is 0 Å². The fourth-order valence-corrected chi connectivity index (χ4v) is 2.13. The summed E-state index contributed by atoms with van der Waals surface area (Å²) in [6, 6.07) is 11.8. The largest absolute Gasteiger partial charge is 0.472 e. The van der Waals surface area contributed by atoms with E-state index in [1.807, 2.05) is 6.07 Å². The van der Waals surface area contributed by atoms with Crippen LogP contribution in [0.3, 0.4) is 0 Å². The van der Waals surface area contributed by atoms with Crippen molar-refractivity contribution in [3.05, 3.63) is 71.9 Å². The molecule has 1 heterocycles. The molecule has 0 radical (unpaired) electrons. The second-order valence-corrected chi connectivity index (χ2v) is 4.14. The Bertz CT molecular complexity index is 674. The fourth-order valence-electron chi connectivity index (χ4n) is 2.13. The van der Waals surface area contributed by atoms with Gasteiger partial charge in [0.1, 0.15) is 11.9 Å². The molecule has 1 aromatic heterocycles. The number of hydrogen-bond acceptors (Lipinski definition) is 2. The molecular weight excluding hydrogens is 231 g/mol. The summed E-state index contributed by atoms with van der Waals surface area (Å²) in [6.07, 6.45) is 2.18. The van der Waals surface area contributed by atoms with E-state index in [0.29, 0.717) is 21.9 Å². The van der Waals surface area contributed by atoms with Crippen molar-refractivity contribution in [2.24, 2.45) is 0 Å². The third-order valence-corrected chi connectivity index (χ3v) is 3.06. The van der Waals surface area contributed by atoms with Crippen LogP contribution in [0.15, 0.2) is 59.4 Å². The van der Waals surface area contributed by atoms with Crippen LogP contribution in [-0.2, 0) is 0 Å². The monoisotopic (exact) mass is 242 g/mol. The van der Waals surface area contributed by atoms with Crippen molar-refractivity contribution >= 4 is 10.8 Å². The Kier molecular flexibility index (Phi) is 2.61. The van der Waals surface area contributed by atoms with Crippen molar-refractivity contribution in [3.8, 4) is 0 Å². The molecule has 2 nitrogen and oxygen atoms in total. The quantitative estimate of drug-likeness (QED) is 0.744. The zero-order chi connectivity index (χ0) is 12.5. The summed E-state index contributed by atoms with van der Waals surface area (Å²) in [5, 5.41) is 11.5. The Morgan fingerprint density at radius 1 is 1.00 bits per heavy atom. The van der Waals surface area contributed by atoms with Gasteiger partial charge in [0.25, 0.3) is 0 Å². The SMILES string of the molecule is O[C@@H](c1ccoc1)c1ccc(F)c2ccccc12. The Balaban J connectivity index is 2.21. The van der Waals surface area contributed by atoms with Crippen LogP contribution in [0.4, 0.5) is 4.39 Å². The fraction of sp³-hybridized carbons (Fsp3) is 0.0667. The van der Waals surface area contributed by atoms with Crippen LogP contribution in [0, 0.1) is 5.82 Å². The van der Waals surface area contributed by atoms with E-state index in [4.69, 9.17) is 4.42 Å². The van der Waals surface area contributed by atoms with Crippen LogP contribution >= 0.6 is 0 Å². The lowest BCUT2D eigenvalue weighted by Crippen LogP contribution is -1.99. The van der Waals surface area contributed by atoms with Gasteiger partial charge < -0.3 is 9.52 Å². The first-order valence-corrected chi connectivity index (χ1v) is 5.64. The maximum Gasteiger partial charge on any atom is 0.131 e. The van der Waals surface area contributed by atoms with Gasteiger partial charge in [0, 0.05) is 10.9 Å². The molecule has 3 heteroatoms.